The second-order valence-corrected chi connectivity index (χ2v) is 5.47. The lowest BCUT2D eigenvalue weighted by Crippen LogP contribution is -2.28. The van der Waals surface area contributed by atoms with Gasteiger partial charge in [-0.25, -0.2) is 0 Å². The van der Waals surface area contributed by atoms with Crippen LogP contribution in [-0.2, 0) is 7.05 Å². The van der Waals surface area contributed by atoms with Crippen molar-refractivity contribution >= 4 is 41.3 Å². The first-order valence-corrected chi connectivity index (χ1v) is 6.93. The van der Waals surface area contributed by atoms with Gasteiger partial charge in [0.1, 0.15) is 0 Å². The fourth-order valence-corrected chi connectivity index (χ4v) is 2.17. The molecule has 2 N–H and O–H groups in total. The summed E-state index contributed by atoms with van der Waals surface area (Å²) in [6.45, 7) is 1.82. The molecule has 8 heteroatoms. The molecule has 2 aromatic rings. The molecule has 106 valence electrons. The first-order valence-electron chi connectivity index (χ1n) is 5.77. The molecule has 1 aromatic heterocycles. The Morgan fingerprint density at radius 1 is 1.45 bits per heavy atom. The lowest BCUT2D eigenvalue weighted by atomic mass is 10.2. The molecule has 5 nitrogen and oxygen atoms in total. The number of rotatable bonds is 3. The normalized spacial score (nSPS) is 12.2. The highest BCUT2D eigenvalue weighted by Crippen LogP contribution is 2.22. The predicted octanol–water partition coefficient (Wildman–Crippen LogP) is 3.28. The lowest BCUT2D eigenvalue weighted by molar-refractivity contribution is 0.0938. The van der Waals surface area contributed by atoms with E-state index in [-0.39, 0.29) is 11.9 Å². The van der Waals surface area contributed by atoms with Gasteiger partial charge in [-0.1, -0.05) is 23.2 Å². The number of benzene rings is 1. The molecular weight excluding hydrogens is 319 g/mol. The minimum atomic E-state index is -0.296. The van der Waals surface area contributed by atoms with Crippen LogP contribution in [0.2, 0.25) is 10.0 Å². The van der Waals surface area contributed by atoms with Crippen LogP contribution in [0, 0.1) is 4.77 Å². The van der Waals surface area contributed by atoms with Crippen molar-refractivity contribution in [1.29, 1.82) is 0 Å². The maximum absolute atomic E-state index is 12.1. The fourth-order valence-electron chi connectivity index (χ4n) is 1.73. The monoisotopic (exact) mass is 330 g/mol. The molecule has 0 aliphatic heterocycles. The van der Waals surface area contributed by atoms with Crippen LogP contribution in [0.25, 0.3) is 0 Å². The van der Waals surface area contributed by atoms with Gasteiger partial charge in [0.15, 0.2) is 10.6 Å². The summed E-state index contributed by atoms with van der Waals surface area (Å²) in [4.78, 5) is 12.1. The Morgan fingerprint density at radius 3 is 2.70 bits per heavy atom. The number of nitrogens with zero attached hydrogens (tertiary/aromatic N) is 2. The van der Waals surface area contributed by atoms with Gasteiger partial charge in [-0.3, -0.25) is 9.89 Å². The maximum atomic E-state index is 12.1. The summed E-state index contributed by atoms with van der Waals surface area (Å²) < 4.78 is 2.20. The Labute approximate surface area is 130 Å². The van der Waals surface area contributed by atoms with Crippen molar-refractivity contribution in [2.45, 2.75) is 13.0 Å². The number of amides is 1. The van der Waals surface area contributed by atoms with Gasteiger partial charge >= 0.3 is 0 Å². The molecule has 20 heavy (non-hydrogen) atoms. The van der Waals surface area contributed by atoms with Crippen molar-refractivity contribution in [2.75, 3.05) is 0 Å². The summed E-state index contributed by atoms with van der Waals surface area (Å²) >= 11 is 16.7. The SMILES string of the molecule is C[C@H](NC(=O)c1ccc(Cl)c(Cl)c1)c1n[nH]c(=S)n1C. The van der Waals surface area contributed by atoms with Crippen LogP contribution in [0.4, 0.5) is 0 Å². The highest BCUT2D eigenvalue weighted by molar-refractivity contribution is 7.71. The molecule has 0 saturated heterocycles. The molecule has 1 heterocycles. The van der Waals surface area contributed by atoms with Gasteiger partial charge in [0.25, 0.3) is 5.91 Å². The van der Waals surface area contributed by atoms with E-state index >= 15 is 0 Å². The van der Waals surface area contributed by atoms with E-state index in [0.29, 0.717) is 26.2 Å². The molecule has 1 amide bonds. The number of hydrogen-bond donors (Lipinski definition) is 2. The smallest absolute Gasteiger partial charge is 0.251 e. The van der Waals surface area contributed by atoms with Crippen molar-refractivity contribution in [3.63, 3.8) is 0 Å². The van der Waals surface area contributed by atoms with Gasteiger partial charge < -0.3 is 9.88 Å². The number of carbonyl (C=O) groups excluding carboxylic acids is 1. The van der Waals surface area contributed by atoms with Crippen LogP contribution >= 0.6 is 35.4 Å². The Balaban J connectivity index is 2.17. The molecular formula is C12H12Cl2N4OS. The van der Waals surface area contributed by atoms with Crippen LogP contribution in [0.1, 0.15) is 29.1 Å². The second kappa shape index (κ2) is 5.95. The van der Waals surface area contributed by atoms with Gasteiger partial charge in [-0.05, 0) is 37.3 Å². The zero-order valence-electron chi connectivity index (χ0n) is 10.8. The number of aromatic nitrogens is 3. The molecule has 0 aliphatic carbocycles. The molecule has 0 spiro atoms. The third-order valence-electron chi connectivity index (χ3n) is 2.83. The van der Waals surface area contributed by atoms with Crippen LogP contribution in [0.3, 0.4) is 0 Å². The highest BCUT2D eigenvalue weighted by atomic mass is 35.5. The van der Waals surface area contributed by atoms with E-state index in [0.717, 1.165) is 0 Å². The van der Waals surface area contributed by atoms with Crippen molar-refractivity contribution in [3.05, 3.63) is 44.4 Å². The third kappa shape index (κ3) is 3.03. The molecule has 0 unspecified atom stereocenters. The zero-order valence-corrected chi connectivity index (χ0v) is 13.1. The summed E-state index contributed by atoms with van der Waals surface area (Å²) in [5.74, 6) is 0.383. The van der Waals surface area contributed by atoms with Gasteiger partial charge in [-0.15, -0.1) is 0 Å². The predicted molar refractivity (Wildman–Crippen MR) is 80.7 cm³/mol. The number of hydrogen-bond acceptors (Lipinski definition) is 3. The molecule has 0 bridgehead atoms. The Morgan fingerprint density at radius 2 is 2.15 bits per heavy atom. The Hall–Kier alpha value is -1.37. The number of H-pyrrole nitrogens is 1. The second-order valence-electron chi connectivity index (χ2n) is 4.27. The molecule has 0 fully saturated rings. The number of carbonyl (C=O) groups is 1. The zero-order chi connectivity index (χ0) is 14.9. The minimum absolute atomic E-state index is 0.259. The topological polar surface area (TPSA) is 62.7 Å². The molecule has 1 aromatic carbocycles. The van der Waals surface area contributed by atoms with Crippen LogP contribution in [0.5, 0.6) is 0 Å². The number of halogens is 2. The Kier molecular flexibility index (Phi) is 4.47. The summed E-state index contributed by atoms with van der Waals surface area (Å²) in [5, 5.41) is 10.3. The molecule has 1 atom stereocenters. The van der Waals surface area contributed by atoms with Crippen LogP contribution in [-0.4, -0.2) is 20.7 Å². The van der Waals surface area contributed by atoms with E-state index in [4.69, 9.17) is 35.4 Å². The minimum Gasteiger partial charge on any atom is -0.342 e. The lowest BCUT2D eigenvalue weighted by Gasteiger charge is -2.13. The largest absolute Gasteiger partial charge is 0.342 e. The van der Waals surface area contributed by atoms with E-state index in [2.05, 4.69) is 15.5 Å². The first kappa shape index (κ1) is 15.0. The number of nitrogens with one attached hydrogen (secondary N) is 2. The van der Waals surface area contributed by atoms with E-state index in [1.165, 1.54) is 6.07 Å². The quantitative estimate of drug-likeness (QED) is 0.849. The summed E-state index contributed by atoms with van der Waals surface area (Å²) in [6, 6.07) is 4.42. The van der Waals surface area contributed by atoms with Gasteiger partial charge in [0, 0.05) is 12.6 Å². The third-order valence-corrected chi connectivity index (χ3v) is 3.94. The van der Waals surface area contributed by atoms with Gasteiger partial charge in [0.2, 0.25) is 0 Å². The van der Waals surface area contributed by atoms with Crippen molar-refractivity contribution in [3.8, 4) is 0 Å². The average molecular weight is 331 g/mol. The molecule has 0 aliphatic rings. The summed E-state index contributed by atoms with van der Waals surface area (Å²) in [7, 11) is 1.78. The highest BCUT2D eigenvalue weighted by Gasteiger charge is 2.16. The van der Waals surface area contributed by atoms with Crippen molar-refractivity contribution in [2.24, 2.45) is 7.05 Å². The fraction of sp³-hybridized carbons (Fsp3) is 0.250. The molecule has 0 saturated carbocycles. The van der Waals surface area contributed by atoms with Gasteiger partial charge in [-0.2, -0.15) is 5.10 Å². The first-order chi connectivity index (χ1) is 9.40. The standard InChI is InChI=1S/C12H12Cl2N4OS/c1-6(10-16-17-12(20)18(10)2)15-11(19)7-3-4-8(13)9(14)5-7/h3-6H,1-2H3,(H,15,19)(H,17,20)/t6-/m0/s1. The summed E-state index contributed by atoms with van der Waals surface area (Å²) in [5.41, 5.74) is 0.433. The molecule has 0 radical (unpaired) electrons. The van der Waals surface area contributed by atoms with E-state index in [1.54, 1.807) is 23.7 Å². The van der Waals surface area contributed by atoms with E-state index in [9.17, 15) is 4.79 Å². The summed E-state index contributed by atoms with van der Waals surface area (Å²) in [6.07, 6.45) is 0. The number of aromatic amines is 1. The van der Waals surface area contributed by atoms with Crippen LogP contribution in [0.15, 0.2) is 18.2 Å². The van der Waals surface area contributed by atoms with Crippen LogP contribution < -0.4 is 5.32 Å². The molecule has 2 rings (SSSR count). The van der Waals surface area contributed by atoms with Crippen molar-refractivity contribution in [1.82, 2.24) is 20.1 Å². The van der Waals surface area contributed by atoms with E-state index < -0.39 is 0 Å². The van der Waals surface area contributed by atoms with Crippen molar-refractivity contribution < 1.29 is 4.79 Å². The maximum Gasteiger partial charge on any atom is 0.251 e. The average Bonchev–Trinajstić information content (AvgIpc) is 2.73. The van der Waals surface area contributed by atoms with E-state index in [1.807, 2.05) is 6.92 Å². The Bertz CT molecular complexity index is 710. The van der Waals surface area contributed by atoms with Gasteiger partial charge in [0.05, 0.1) is 16.1 Å².